The number of hydrogen-bond donors (Lipinski definition) is 4. The number of rotatable bonds is 24. The summed E-state index contributed by atoms with van der Waals surface area (Å²) >= 11 is 3.82. The summed E-state index contributed by atoms with van der Waals surface area (Å²) in [6.07, 6.45) is -4.81. The Balaban J connectivity index is 1.90. The topological polar surface area (TPSA) is 223 Å². The van der Waals surface area contributed by atoms with Gasteiger partial charge in [0.2, 0.25) is 0 Å². The minimum Gasteiger partial charge on any atom is -0.506 e. The average molecular weight is 1210 g/mol. The molecule has 4 N–H and O–H groups in total. The molecule has 24 heteroatoms. The van der Waals surface area contributed by atoms with Gasteiger partial charge in [0, 0.05) is 0 Å². The van der Waals surface area contributed by atoms with E-state index in [9.17, 15) is 38.7 Å². The molecule has 0 amide bonds. The molecule has 8 bridgehead atoms. The van der Waals surface area contributed by atoms with Gasteiger partial charge in [0.15, 0.2) is 0 Å². The molecule has 5 rings (SSSR count). The summed E-state index contributed by atoms with van der Waals surface area (Å²) in [4.78, 5) is 1.44. The Morgan fingerprint density at radius 2 is 0.408 bits per heavy atom. The van der Waals surface area contributed by atoms with Crippen LogP contribution in [0.3, 0.4) is 0 Å². The highest BCUT2D eigenvalue weighted by atomic mass is 32.2. The van der Waals surface area contributed by atoms with E-state index in [2.05, 4.69) is 0 Å². The molecule has 0 radical (unpaired) electrons. The van der Waals surface area contributed by atoms with Crippen molar-refractivity contribution in [2.45, 2.75) is 223 Å². The molecule has 424 valence electrons. The Bertz CT molecular complexity index is 2340. The maximum atomic E-state index is 14.5. The molecule has 0 unspecified atom stereocenters. The first kappa shape index (κ1) is 64.9. The van der Waals surface area contributed by atoms with Gasteiger partial charge in [-0.2, -0.15) is 0 Å². The highest BCUT2D eigenvalue weighted by molar-refractivity contribution is 8.01. The maximum absolute atomic E-state index is 14.5. The lowest BCUT2D eigenvalue weighted by molar-refractivity contribution is 0.140. The first-order valence-corrected chi connectivity index (χ1v) is 35.3. The van der Waals surface area contributed by atoms with Crippen LogP contribution in [0.25, 0.3) is 0 Å². The Kier molecular flexibility index (Phi) is 23.3. The number of phenols is 4. The highest BCUT2D eigenvalue weighted by Gasteiger charge is 2.35. The molecule has 0 saturated heterocycles. The van der Waals surface area contributed by atoms with Gasteiger partial charge in [0.25, 0.3) is 0 Å². The predicted octanol–water partition coefficient (Wildman–Crippen LogP) is 17.6. The van der Waals surface area contributed by atoms with Crippen LogP contribution >= 0.6 is 77.4 Å². The largest absolute Gasteiger partial charge is 0.506 e. The lowest BCUT2D eigenvalue weighted by Crippen LogP contribution is -2.09. The van der Waals surface area contributed by atoms with Crippen LogP contribution in [0.2, 0.25) is 0 Å². The zero-order valence-corrected chi connectivity index (χ0v) is 53.0. The van der Waals surface area contributed by atoms with Crippen LogP contribution in [-0.2, 0) is 79.1 Å². The van der Waals surface area contributed by atoms with E-state index in [-0.39, 0.29) is 86.8 Å². The van der Waals surface area contributed by atoms with Crippen molar-refractivity contribution in [3.05, 3.63) is 70.8 Å². The molecule has 0 fully saturated rings. The average Bonchev–Trinajstić information content (AvgIpc) is 3.21. The van der Waals surface area contributed by atoms with Crippen molar-refractivity contribution in [2.24, 2.45) is 0 Å². The smallest absolute Gasteiger partial charge is 0.335 e. The van der Waals surface area contributed by atoms with E-state index >= 15 is 0 Å². The summed E-state index contributed by atoms with van der Waals surface area (Å²) < 4.78 is 106. The van der Waals surface area contributed by atoms with Gasteiger partial charge in [-0.05, 0) is 182 Å². The zero-order valence-electron chi connectivity index (χ0n) is 46.2. The van der Waals surface area contributed by atoms with Crippen LogP contribution in [0.4, 0.5) is 0 Å². The van der Waals surface area contributed by atoms with Gasteiger partial charge in [-0.3, -0.25) is 18.3 Å². The third-order valence-electron chi connectivity index (χ3n) is 9.75. The Labute approximate surface area is 466 Å². The van der Waals surface area contributed by atoms with E-state index in [1.807, 2.05) is 0 Å². The predicted molar refractivity (Wildman–Crippen MR) is 304 cm³/mol. The van der Waals surface area contributed by atoms with E-state index in [4.69, 9.17) is 36.2 Å². The summed E-state index contributed by atoms with van der Waals surface area (Å²) in [6, 6.07) is 12.9. The first-order chi connectivity index (χ1) is 35.2. The molecule has 76 heavy (non-hydrogen) atoms. The minimum absolute atomic E-state index is 0.180. The molecule has 1 heterocycles. The van der Waals surface area contributed by atoms with Gasteiger partial charge in [0.05, 0.1) is 113 Å². The fourth-order valence-electron chi connectivity index (χ4n) is 7.87. The fourth-order valence-corrected chi connectivity index (χ4v) is 20.9. The summed E-state index contributed by atoms with van der Waals surface area (Å²) in [5.74, 6) is -1.09. The highest BCUT2D eigenvalue weighted by Crippen LogP contribution is 2.61. The SMILES string of the molecule is CC(C)OP(=O)(Cc1cc2c(O)c(c1)Sc1cc(CP(=O)(OC(C)C)OC(C)C)cc(c1O)Sc1cc(CP(=O)(OC(C)C)OC(C)C)cc(c1O)Sc1cc(CP(=O)(OC(C)C)OC(C)C)cc(c1O)S2)OC(C)C. The van der Waals surface area contributed by atoms with Gasteiger partial charge >= 0.3 is 30.4 Å². The summed E-state index contributed by atoms with van der Waals surface area (Å²) in [7, 11) is -15.5. The van der Waals surface area contributed by atoms with Crippen LogP contribution in [0.1, 0.15) is 133 Å². The van der Waals surface area contributed by atoms with E-state index in [0.29, 0.717) is 22.3 Å². The molecule has 0 aliphatic carbocycles. The quantitative estimate of drug-likeness (QED) is 0.0422. The van der Waals surface area contributed by atoms with E-state index in [1.54, 1.807) is 159 Å². The molecule has 0 saturated carbocycles. The zero-order chi connectivity index (χ0) is 56.8. The lowest BCUT2D eigenvalue weighted by atomic mass is 10.2. The van der Waals surface area contributed by atoms with Crippen molar-refractivity contribution >= 4 is 77.4 Å². The minimum atomic E-state index is -3.87. The van der Waals surface area contributed by atoms with Gasteiger partial charge in [-0.25, -0.2) is 0 Å². The molecule has 4 aromatic carbocycles. The van der Waals surface area contributed by atoms with Crippen molar-refractivity contribution in [1.82, 2.24) is 0 Å². The number of benzene rings is 4. The van der Waals surface area contributed by atoms with Crippen molar-refractivity contribution in [3.63, 3.8) is 0 Å². The van der Waals surface area contributed by atoms with Gasteiger partial charge in [-0.1, -0.05) is 47.0 Å². The van der Waals surface area contributed by atoms with Crippen molar-refractivity contribution in [1.29, 1.82) is 0 Å². The maximum Gasteiger partial charge on any atom is 0.335 e. The number of phenolic OH excluding ortho intramolecular Hbond substituents is 4. The number of fused-ring (bicyclic) bond motifs is 8. The van der Waals surface area contributed by atoms with Crippen molar-refractivity contribution in [2.75, 3.05) is 0 Å². The Morgan fingerprint density at radius 3 is 0.513 bits per heavy atom. The second-order valence-electron chi connectivity index (χ2n) is 20.5. The molecular weight excluding hydrogens is 1130 g/mol. The summed E-state index contributed by atoms with van der Waals surface area (Å²) in [5, 5.41) is 49.6. The molecule has 4 aromatic rings. The second-order valence-corrected chi connectivity index (χ2v) is 32.7. The molecule has 0 atom stereocenters. The Hall–Kier alpha value is -1.92. The van der Waals surface area contributed by atoms with Gasteiger partial charge < -0.3 is 56.6 Å². The van der Waals surface area contributed by atoms with Gasteiger partial charge in [0.1, 0.15) is 23.0 Å². The van der Waals surface area contributed by atoms with Crippen LogP contribution in [0.5, 0.6) is 23.0 Å². The standard InChI is InChI=1S/C52H76O16P4S4/c1-29(2)61-69(57,62-30(3)4)25-37-17-41-49(53)42(18-37)74-44-20-39(27-71(59,65-33(9)10)66-34(11)12)22-46(51(44)55)76-48-24-40(28-72(60,67-35(13)14)68-36(15)16)23-47(52(48)56)75-45-21-38(19-43(73-41)50(45)54)26-70(58,63-31(5)6)64-32(7)8/h17-24,29-36,53-56H,25-28H2,1-16H3. The second kappa shape index (κ2) is 27.2. The molecule has 16 nitrogen and oxygen atoms in total. The molecule has 0 spiro atoms. The van der Waals surface area contributed by atoms with Crippen LogP contribution < -0.4 is 0 Å². The van der Waals surface area contributed by atoms with Crippen LogP contribution in [0.15, 0.2) is 87.7 Å². The summed E-state index contributed by atoms with van der Waals surface area (Å²) in [6.45, 7) is 27.9. The van der Waals surface area contributed by atoms with E-state index in [1.165, 1.54) is 0 Å². The third kappa shape index (κ3) is 19.1. The molecular formula is C52H76O16P4S4. The molecule has 1 aliphatic heterocycles. The number of hydrogen-bond acceptors (Lipinski definition) is 20. The van der Waals surface area contributed by atoms with Crippen molar-refractivity contribution in [3.8, 4) is 23.0 Å². The van der Waals surface area contributed by atoms with E-state index in [0.717, 1.165) is 47.0 Å². The van der Waals surface area contributed by atoms with Crippen molar-refractivity contribution < 1.29 is 74.9 Å². The fraction of sp³-hybridized carbons (Fsp3) is 0.538. The van der Waals surface area contributed by atoms with Crippen LogP contribution in [0, 0.1) is 0 Å². The lowest BCUT2D eigenvalue weighted by Gasteiger charge is -2.25. The van der Waals surface area contributed by atoms with Crippen LogP contribution in [-0.4, -0.2) is 69.3 Å². The monoisotopic (exact) mass is 1210 g/mol. The normalized spacial score (nSPS) is 14.0. The molecule has 0 aromatic heterocycles. The first-order valence-electron chi connectivity index (χ1n) is 25.1. The van der Waals surface area contributed by atoms with Gasteiger partial charge in [-0.15, -0.1) is 0 Å². The molecule has 1 aliphatic rings. The Morgan fingerprint density at radius 1 is 0.289 bits per heavy atom. The third-order valence-corrected chi connectivity index (χ3v) is 23.0. The van der Waals surface area contributed by atoms with E-state index < -0.39 is 79.2 Å². The number of aromatic hydroxyl groups is 4. The summed E-state index contributed by atoms with van der Waals surface area (Å²) in [5.41, 5.74) is 1.66.